The highest BCUT2D eigenvalue weighted by atomic mass is 16.4. The number of aliphatic hydroxyl groups is 2. The van der Waals surface area contributed by atoms with Crippen molar-refractivity contribution in [3.63, 3.8) is 0 Å². The second-order valence-electron chi connectivity index (χ2n) is 10.1. The summed E-state index contributed by atoms with van der Waals surface area (Å²) in [6, 6.07) is 0. The highest BCUT2D eigenvalue weighted by molar-refractivity contribution is 5.80. The molecular formula is C22H34O4. The molecule has 4 aliphatic carbocycles. The van der Waals surface area contributed by atoms with Gasteiger partial charge in [-0.1, -0.05) is 26.7 Å². The molecule has 0 saturated heterocycles. The van der Waals surface area contributed by atoms with Crippen LogP contribution < -0.4 is 0 Å². The van der Waals surface area contributed by atoms with Gasteiger partial charge in [-0.2, -0.15) is 0 Å². The zero-order valence-electron chi connectivity index (χ0n) is 16.2. The van der Waals surface area contributed by atoms with E-state index in [1.807, 2.05) is 0 Å². The maximum absolute atomic E-state index is 11.3. The van der Waals surface area contributed by atoms with Gasteiger partial charge in [0.05, 0.1) is 6.10 Å². The number of hydrogen-bond acceptors (Lipinski definition) is 3. The molecule has 0 heterocycles. The Hall–Kier alpha value is -0.870. The van der Waals surface area contributed by atoms with Gasteiger partial charge in [-0.05, 0) is 80.1 Å². The molecule has 4 heteroatoms. The van der Waals surface area contributed by atoms with Crippen LogP contribution in [0.25, 0.3) is 0 Å². The summed E-state index contributed by atoms with van der Waals surface area (Å²) in [4.78, 5) is 11.0. The van der Waals surface area contributed by atoms with E-state index in [2.05, 4.69) is 13.8 Å². The van der Waals surface area contributed by atoms with Crippen molar-refractivity contribution in [3.8, 4) is 0 Å². The molecule has 4 rings (SSSR count). The van der Waals surface area contributed by atoms with Gasteiger partial charge in [0.25, 0.3) is 0 Å². The lowest BCUT2D eigenvalue weighted by Crippen LogP contribution is -2.56. The van der Waals surface area contributed by atoms with E-state index in [0.29, 0.717) is 23.7 Å². The summed E-state index contributed by atoms with van der Waals surface area (Å²) in [5.41, 5.74) is -1.44. The fourth-order valence-corrected chi connectivity index (χ4v) is 7.85. The van der Waals surface area contributed by atoms with Crippen molar-refractivity contribution in [1.82, 2.24) is 0 Å². The molecule has 4 aliphatic rings. The predicted octanol–water partition coefficient (Wildman–Crippen LogP) is 3.76. The molecule has 0 bridgehead atoms. The van der Waals surface area contributed by atoms with Crippen LogP contribution in [0.4, 0.5) is 0 Å². The molecule has 3 N–H and O–H groups in total. The third kappa shape index (κ3) is 2.37. The molecule has 146 valence electrons. The van der Waals surface area contributed by atoms with Crippen LogP contribution in [0.15, 0.2) is 12.2 Å². The molecule has 8 atom stereocenters. The maximum Gasteiger partial charge on any atom is 0.328 e. The van der Waals surface area contributed by atoms with Gasteiger partial charge in [-0.3, -0.25) is 0 Å². The first kappa shape index (κ1) is 18.5. The number of fused-ring (bicyclic) bond motifs is 5. The van der Waals surface area contributed by atoms with E-state index in [-0.39, 0.29) is 5.92 Å². The van der Waals surface area contributed by atoms with Crippen LogP contribution in [0.3, 0.4) is 0 Å². The van der Waals surface area contributed by atoms with E-state index in [1.54, 1.807) is 0 Å². The minimum atomic E-state index is -1.43. The van der Waals surface area contributed by atoms with Crippen LogP contribution in [-0.4, -0.2) is 33.0 Å². The van der Waals surface area contributed by atoms with Gasteiger partial charge < -0.3 is 15.3 Å². The quantitative estimate of drug-likeness (QED) is 0.654. The Morgan fingerprint density at radius 1 is 1.04 bits per heavy atom. The molecule has 2 unspecified atom stereocenters. The number of aliphatic hydroxyl groups excluding tert-OH is 1. The highest BCUT2D eigenvalue weighted by Crippen LogP contribution is 2.68. The number of carboxylic acid groups (broad SMARTS) is 1. The Labute approximate surface area is 156 Å². The molecule has 0 aromatic rings. The van der Waals surface area contributed by atoms with Crippen LogP contribution in [0.2, 0.25) is 0 Å². The average Bonchev–Trinajstić information content (AvgIpc) is 2.80. The first-order valence-corrected chi connectivity index (χ1v) is 10.5. The number of hydrogen-bond donors (Lipinski definition) is 3. The standard InChI is InChI=1S/C22H34O4/c1-20-10-4-3-5-14(20)6-7-15-16(20)8-11-21(2)17(15)13-18(23)22(21,26)12-9-19(24)25/h9,12,14-18,23,26H,3-8,10-11,13H2,1-2H3,(H,24,25)/t14?,15-,16+,17+,18?,20+,21+,22-/m1/s1. The van der Waals surface area contributed by atoms with Crippen molar-refractivity contribution in [2.45, 2.75) is 83.3 Å². The Balaban J connectivity index is 1.66. The Bertz CT molecular complexity index is 615. The molecule has 4 saturated carbocycles. The molecule has 4 fully saturated rings. The van der Waals surface area contributed by atoms with Crippen molar-refractivity contribution in [1.29, 1.82) is 0 Å². The van der Waals surface area contributed by atoms with Gasteiger partial charge in [0.15, 0.2) is 0 Å². The fourth-order valence-electron chi connectivity index (χ4n) is 7.85. The van der Waals surface area contributed by atoms with Crippen molar-refractivity contribution in [2.75, 3.05) is 0 Å². The topological polar surface area (TPSA) is 77.8 Å². The van der Waals surface area contributed by atoms with Gasteiger partial charge in [-0.15, -0.1) is 0 Å². The van der Waals surface area contributed by atoms with Crippen molar-refractivity contribution < 1.29 is 20.1 Å². The number of carboxylic acids is 1. The molecule has 4 nitrogen and oxygen atoms in total. The zero-order chi connectivity index (χ0) is 18.7. The van der Waals surface area contributed by atoms with E-state index < -0.39 is 23.1 Å². The van der Waals surface area contributed by atoms with Gasteiger partial charge in [-0.25, -0.2) is 4.79 Å². The third-order valence-electron chi connectivity index (χ3n) is 9.35. The summed E-state index contributed by atoms with van der Waals surface area (Å²) in [6.07, 6.45) is 12.0. The first-order chi connectivity index (χ1) is 12.2. The summed E-state index contributed by atoms with van der Waals surface area (Å²) in [5, 5.41) is 31.1. The Morgan fingerprint density at radius 2 is 1.81 bits per heavy atom. The summed E-state index contributed by atoms with van der Waals surface area (Å²) >= 11 is 0. The first-order valence-electron chi connectivity index (χ1n) is 10.5. The normalized spacial score (nSPS) is 53.8. The lowest BCUT2D eigenvalue weighted by molar-refractivity contribution is -0.148. The summed E-state index contributed by atoms with van der Waals surface area (Å²) in [6.45, 7) is 4.60. The number of aliphatic carboxylic acids is 1. The molecule has 0 amide bonds. The second kappa shape index (κ2) is 6.07. The molecule has 26 heavy (non-hydrogen) atoms. The molecule has 0 aromatic heterocycles. The third-order valence-corrected chi connectivity index (χ3v) is 9.35. The lowest BCUT2D eigenvalue weighted by atomic mass is 9.44. The van der Waals surface area contributed by atoms with Crippen LogP contribution >= 0.6 is 0 Å². The van der Waals surface area contributed by atoms with Gasteiger partial charge in [0, 0.05) is 11.5 Å². The van der Waals surface area contributed by atoms with E-state index in [9.17, 15) is 15.0 Å². The molecular weight excluding hydrogens is 328 g/mol. The van der Waals surface area contributed by atoms with Crippen LogP contribution in [0.5, 0.6) is 0 Å². The Morgan fingerprint density at radius 3 is 2.54 bits per heavy atom. The maximum atomic E-state index is 11.3. The van der Waals surface area contributed by atoms with E-state index in [4.69, 9.17) is 5.11 Å². The lowest BCUT2D eigenvalue weighted by Gasteiger charge is -2.61. The van der Waals surface area contributed by atoms with Crippen LogP contribution in [-0.2, 0) is 4.79 Å². The minimum absolute atomic E-state index is 0.277. The van der Waals surface area contributed by atoms with Crippen LogP contribution in [0, 0.1) is 34.5 Å². The van der Waals surface area contributed by atoms with E-state index in [1.165, 1.54) is 44.6 Å². The zero-order valence-corrected chi connectivity index (χ0v) is 16.2. The van der Waals surface area contributed by atoms with E-state index >= 15 is 0 Å². The summed E-state index contributed by atoms with van der Waals surface area (Å²) in [7, 11) is 0. The largest absolute Gasteiger partial charge is 0.478 e. The number of rotatable bonds is 2. The Kier molecular flexibility index (Phi) is 4.31. The monoisotopic (exact) mass is 362 g/mol. The van der Waals surface area contributed by atoms with Crippen LogP contribution in [0.1, 0.15) is 71.6 Å². The summed E-state index contributed by atoms with van der Waals surface area (Å²) < 4.78 is 0. The molecule has 0 aromatic carbocycles. The molecule has 0 radical (unpaired) electrons. The van der Waals surface area contributed by atoms with Crippen molar-refractivity contribution in [2.24, 2.45) is 34.5 Å². The fraction of sp³-hybridized carbons (Fsp3) is 0.864. The molecule has 0 spiro atoms. The highest BCUT2D eigenvalue weighted by Gasteiger charge is 2.66. The van der Waals surface area contributed by atoms with Gasteiger partial charge >= 0.3 is 5.97 Å². The smallest absolute Gasteiger partial charge is 0.328 e. The van der Waals surface area contributed by atoms with Crippen molar-refractivity contribution in [3.05, 3.63) is 12.2 Å². The number of carbonyl (C=O) groups is 1. The minimum Gasteiger partial charge on any atom is -0.478 e. The van der Waals surface area contributed by atoms with Gasteiger partial charge in [0.2, 0.25) is 0 Å². The SMILES string of the molecule is C[C@]12CCCCC1CC[C@@H]1[C@@H]2CC[C@@]2(C)[C@H]1CC(O)[C@]2(O)C=CC(=O)O. The van der Waals surface area contributed by atoms with E-state index in [0.717, 1.165) is 24.8 Å². The second-order valence-corrected chi connectivity index (χ2v) is 10.1. The summed E-state index contributed by atoms with van der Waals surface area (Å²) in [5.74, 6) is 1.30. The van der Waals surface area contributed by atoms with Gasteiger partial charge in [0.1, 0.15) is 5.60 Å². The molecule has 0 aliphatic heterocycles. The average molecular weight is 363 g/mol. The predicted molar refractivity (Wildman–Crippen MR) is 99.5 cm³/mol. The van der Waals surface area contributed by atoms with Crippen molar-refractivity contribution >= 4 is 5.97 Å².